The van der Waals surface area contributed by atoms with E-state index in [2.05, 4.69) is 20.4 Å². The molecule has 1 atom stereocenters. The molecule has 3 heterocycles. The largest absolute Gasteiger partial charge is 0.356 e. The molecule has 31 heavy (non-hydrogen) atoms. The maximum absolute atomic E-state index is 12.9. The van der Waals surface area contributed by atoms with E-state index in [9.17, 15) is 9.59 Å². The zero-order valence-electron chi connectivity index (χ0n) is 17.2. The number of rotatable bonds is 3. The number of carbonyl (C=O) groups excluding carboxylic acids is 2. The first-order chi connectivity index (χ1) is 15.2. The van der Waals surface area contributed by atoms with Gasteiger partial charge in [-0.1, -0.05) is 35.5 Å². The fourth-order valence-corrected chi connectivity index (χ4v) is 3.72. The maximum atomic E-state index is 12.9. The van der Waals surface area contributed by atoms with Crippen molar-refractivity contribution in [2.24, 2.45) is 0 Å². The highest BCUT2D eigenvalue weighted by molar-refractivity contribution is 5.94. The minimum absolute atomic E-state index is 0.0127. The molecule has 1 aromatic carbocycles. The maximum Gasteiger partial charge on any atom is 0.255 e. The zero-order chi connectivity index (χ0) is 21.5. The lowest BCUT2D eigenvalue weighted by molar-refractivity contribution is -0.121. The first-order valence-electron chi connectivity index (χ1n) is 10.6. The van der Waals surface area contributed by atoms with Crippen molar-refractivity contribution >= 4 is 11.8 Å². The summed E-state index contributed by atoms with van der Waals surface area (Å²) in [6.45, 7) is 1.46. The van der Waals surface area contributed by atoms with Gasteiger partial charge in [0.1, 0.15) is 0 Å². The molecule has 160 valence electrons. The van der Waals surface area contributed by atoms with E-state index in [1.807, 2.05) is 30.3 Å². The van der Waals surface area contributed by atoms with Crippen molar-refractivity contribution in [3.63, 3.8) is 0 Å². The van der Waals surface area contributed by atoms with Crippen LogP contribution in [-0.4, -0.2) is 51.5 Å². The van der Waals surface area contributed by atoms with E-state index in [-0.39, 0.29) is 24.2 Å². The van der Waals surface area contributed by atoms with Gasteiger partial charge in [-0.25, -0.2) is 0 Å². The molecule has 8 nitrogen and oxygen atoms in total. The summed E-state index contributed by atoms with van der Waals surface area (Å²) in [5.41, 5.74) is 1.43. The van der Waals surface area contributed by atoms with Crippen LogP contribution >= 0.6 is 0 Å². The number of nitrogens with one attached hydrogen (secondary N) is 1. The fourth-order valence-electron chi connectivity index (χ4n) is 3.72. The van der Waals surface area contributed by atoms with Gasteiger partial charge in [-0.05, 0) is 31.4 Å². The third-order valence-electron chi connectivity index (χ3n) is 5.42. The summed E-state index contributed by atoms with van der Waals surface area (Å²) < 4.78 is 5.57. The van der Waals surface area contributed by atoms with Crippen LogP contribution in [0, 0.1) is 0 Å². The molecule has 1 fully saturated rings. The standard InChI is InChI=1S/C23H25N5O3/c29-20-11-15-28(23(30)19-8-4-12-24-16-19)14-5-9-18(10-13-25-20)22-26-21(27-31-22)17-6-2-1-3-7-17/h1-4,6-8,12,16,18H,5,9-11,13-15H2,(H,25,29). The predicted molar refractivity (Wildman–Crippen MR) is 114 cm³/mol. The Hall–Kier alpha value is -3.55. The number of hydrogen-bond acceptors (Lipinski definition) is 6. The Kier molecular flexibility index (Phi) is 6.66. The Balaban J connectivity index is 1.47. The monoisotopic (exact) mass is 419 g/mol. The van der Waals surface area contributed by atoms with Gasteiger partial charge in [0.2, 0.25) is 17.6 Å². The van der Waals surface area contributed by atoms with E-state index < -0.39 is 0 Å². The third kappa shape index (κ3) is 5.33. The lowest BCUT2D eigenvalue weighted by atomic mass is 9.99. The number of carbonyl (C=O) groups is 2. The quantitative estimate of drug-likeness (QED) is 0.700. The van der Waals surface area contributed by atoms with Gasteiger partial charge in [-0.2, -0.15) is 4.98 Å². The van der Waals surface area contributed by atoms with Crippen LogP contribution in [-0.2, 0) is 4.79 Å². The molecule has 1 saturated heterocycles. The molecule has 0 radical (unpaired) electrons. The average molecular weight is 419 g/mol. The van der Waals surface area contributed by atoms with Gasteiger partial charge in [0.25, 0.3) is 5.91 Å². The fraction of sp³-hybridized carbons (Fsp3) is 0.348. The van der Waals surface area contributed by atoms with Crippen LogP contribution in [0.1, 0.15) is 47.8 Å². The molecule has 4 rings (SSSR count). The van der Waals surface area contributed by atoms with E-state index in [1.165, 1.54) is 0 Å². The number of hydrogen-bond donors (Lipinski definition) is 1. The van der Waals surface area contributed by atoms with Gasteiger partial charge < -0.3 is 14.7 Å². The van der Waals surface area contributed by atoms with Gasteiger partial charge >= 0.3 is 0 Å². The van der Waals surface area contributed by atoms with Gasteiger partial charge in [0.05, 0.1) is 5.56 Å². The first kappa shape index (κ1) is 20.7. The normalized spacial score (nSPS) is 18.1. The molecular weight excluding hydrogens is 394 g/mol. The van der Waals surface area contributed by atoms with Crippen molar-refractivity contribution in [2.45, 2.75) is 31.6 Å². The Labute approximate surface area is 180 Å². The number of pyridine rings is 1. The molecule has 0 aliphatic carbocycles. The minimum atomic E-state index is -0.110. The lowest BCUT2D eigenvalue weighted by Gasteiger charge is -2.22. The van der Waals surface area contributed by atoms with E-state index in [4.69, 9.17) is 4.52 Å². The summed E-state index contributed by atoms with van der Waals surface area (Å²) in [5.74, 6) is 0.958. The highest BCUT2D eigenvalue weighted by atomic mass is 16.5. The molecule has 3 aromatic rings. The molecule has 1 unspecified atom stereocenters. The van der Waals surface area contributed by atoms with Crippen LogP contribution in [0.2, 0.25) is 0 Å². The van der Waals surface area contributed by atoms with Crippen LogP contribution in [0.3, 0.4) is 0 Å². The van der Waals surface area contributed by atoms with Crippen molar-refractivity contribution in [1.82, 2.24) is 25.3 Å². The summed E-state index contributed by atoms with van der Waals surface area (Å²) in [5, 5.41) is 7.07. The van der Waals surface area contributed by atoms with Crippen molar-refractivity contribution in [1.29, 1.82) is 0 Å². The van der Waals surface area contributed by atoms with Crippen LogP contribution in [0.5, 0.6) is 0 Å². The molecule has 1 N–H and O–H groups in total. The Morgan fingerprint density at radius 2 is 1.97 bits per heavy atom. The third-order valence-corrected chi connectivity index (χ3v) is 5.42. The van der Waals surface area contributed by atoms with Crippen molar-refractivity contribution < 1.29 is 14.1 Å². The molecule has 1 aliphatic rings. The predicted octanol–water partition coefficient (Wildman–Crippen LogP) is 3.05. The van der Waals surface area contributed by atoms with Gasteiger partial charge in [0, 0.05) is 49.9 Å². The second-order valence-electron chi connectivity index (χ2n) is 7.58. The average Bonchev–Trinajstić information content (AvgIpc) is 3.29. The zero-order valence-corrected chi connectivity index (χ0v) is 17.2. The number of amides is 2. The van der Waals surface area contributed by atoms with E-state index in [0.717, 1.165) is 18.4 Å². The van der Waals surface area contributed by atoms with Gasteiger partial charge in [0.15, 0.2) is 0 Å². The summed E-state index contributed by atoms with van der Waals surface area (Å²) in [7, 11) is 0. The summed E-state index contributed by atoms with van der Waals surface area (Å²) in [6.07, 6.45) is 5.72. The molecule has 2 aromatic heterocycles. The summed E-state index contributed by atoms with van der Waals surface area (Å²) in [6, 6.07) is 13.2. The molecule has 2 amide bonds. The number of benzene rings is 1. The second-order valence-corrected chi connectivity index (χ2v) is 7.58. The Morgan fingerprint density at radius 3 is 2.77 bits per heavy atom. The van der Waals surface area contributed by atoms with Crippen LogP contribution in [0.4, 0.5) is 0 Å². The SMILES string of the molecule is O=C1CCN(C(=O)c2cccnc2)CCCC(c2nc(-c3ccccc3)no2)CCN1. The highest BCUT2D eigenvalue weighted by Crippen LogP contribution is 2.26. The van der Waals surface area contributed by atoms with E-state index >= 15 is 0 Å². The number of nitrogens with zero attached hydrogens (tertiary/aromatic N) is 4. The molecule has 8 heteroatoms. The van der Waals surface area contributed by atoms with Crippen LogP contribution in [0.15, 0.2) is 59.4 Å². The first-order valence-corrected chi connectivity index (χ1v) is 10.6. The van der Waals surface area contributed by atoms with Crippen molar-refractivity contribution in [3.05, 3.63) is 66.3 Å². The molecule has 0 bridgehead atoms. The lowest BCUT2D eigenvalue weighted by Crippen LogP contribution is -2.35. The van der Waals surface area contributed by atoms with E-state index in [0.29, 0.717) is 43.3 Å². The van der Waals surface area contributed by atoms with E-state index in [1.54, 1.807) is 29.4 Å². The molecule has 1 aliphatic heterocycles. The van der Waals surface area contributed by atoms with Crippen molar-refractivity contribution in [3.8, 4) is 11.4 Å². The summed E-state index contributed by atoms with van der Waals surface area (Å²) in [4.78, 5) is 35.5. The smallest absolute Gasteiger partial charge is 0.255 e. The molecular formula is C23H25N5O3. The molecule has 0 saturated carbocycles. The minimum Gasteiger partial charge on any atom is -0.356 e. The Morgan fingerprint density at radius 1 is 1.10 bits per heavy atom. The molecule has 0 spiro atoms. The van der Waals surface area contributed by atoms with Crippen molar-refractivity contribution in [2.75, 3.05) is 19.6 Å². The van der Waals surface area contributed by atoms with Crippen LogP contribution in [0.25, 0.3) is 11.4 Å². The van der Waals surface area contributed by atoms with Gasteiger partial charge in [-0.3, -0.25) is 14.6 Å². The van der Waals surface area contributed by atoms with Crippen LogP contribution < -0.4 is 5.32 Å². The Bertz CT molecular complexity index is 1010. The highest BCUT2D eigenvalue weighted by Gasteiger charge is 2.23. The topological polar surface area (TPSA) is 101 Å². The second kappa shape index (κ2) is 9.97. The van der Waals surface area contributed by atoms with Gasteiger partial charge in [-0.15, -0.1) is 0 Å². The number of aromatic nitrogens is 3. The summed E-state index contributed by atoms with van der Waals surface area (Å²) >= 11 is 0.